The minimum Gasteiger partial charge on any atom is -0.322 e. The summed E-state index contributed by atoms with van der Waals surface area (Å²) in [4.78, 5) is 34.3. The van der Waals surface area contributed by atoms with Crippen molar-refractivity contribution >= 4 is 52.3 Å². The molecule has 2 aromatic rings. The van der Waals surface area contributed by atoms with Crippen LogP contribution in [-0.2, 0) is 9.59 Å². The first-order valence-electron chi connectivity index (χ1n) is 7.02. The predicted octanol–water partition coefficient (Wildman–Crippen LogP) is 4.51. The monoisotopic (exact) mass is 378 g/mol. The first kappa shape index (κ1) is 18.6. The molecule has 2 rings (SSSR count). The molecule has 0 spiro atoms. The zero-order valence-electron chi connectivity index (χ0n) is 13.0. The van der Waals surface area contributed by atoms with Crippen molar-refractivity contribution in [3.05, 3.63) is 73.8 Å². The number of non-ortho nitro benzene ring substituents is 1. The maximum absolute atomic E-state index is 12.4. The van der Waals surface area contributed by atoms with E-state index in [1.54, 1.807) is 18.2 Å². The number of ketones is 1. The topological polar surface area (TPSA) is 89.3 Å². The number of amides is 1. The molecule has 0 atom stereocenters. The smallest absolute Gasteiger partial charge is 0.269 e. The normalized spacial score (nSPS) is 11.1. The number of benzene rings is 2. The third-order valence-corrected chi connectivity index (χ3v) is 4.07. The molecular formula is C17H12Cl2N2O4. The highest BCUT2D eigenvalue weighted by molar-refractivity contribution is 6.43. The van der Waals surface area contributed by atoms with Gasteiger partial charge in [-0.3, -0.25) is 19.7 Å². The first-order chi connectivity index (χ1) is 11.8. The summed E-state index contributed by atoms with van der Waals surface area (Å²) in [5, 5.41) is 13.7. The number of Topliss-reactive ketones (excluding diaryl/α,β-unsaturated/α-hetero) is 1. The van der Waals surface area contributed by atoms with Gasteiger partial charge in [-0.15, -0.1) is 0 Å². The van der Waals surface area contributed by atoms with Crippen molar-refractivity contribution in [2.75, 3.05) is 5.32 Å². The quantitative estimate of drug-likeness (QED) is 0.272. The Hall–Kier alpha value is -2.70. The minimum absolute atomic E-state index is 0.106. The molecule has 1 N–H and O–H groups in total. The van der Waals surface area contributed by atoms with Gasteiger partial charge in [0.2, 0.25) is 0 Å². The Labute approximate surface area is 153 Å². The zero-order valence-corrected chi connectivity index (χ0v) is 14.5. The molecular weight excluding hydrogens is 367 g/mol. The van der Waals surface area contributed by atoms with E-state index in [2.05, 4.69) is 5.32 Å². The van der Waals surface area contributed by atoms with E-state index in [4.69, 9.17) is 23.2 Å². The number of carbonyl (C=O) groups is 2. The molecule has 25 heavy (non-hydrogen) atoms. The number of nitrogens with one attached hydrogen (secondary N) is 1. The molecule has 0 fully saturated rings. The number of hydrogen-bond donors (Lipinski definition) is 1. The van der Waals surface area contributed by atoms with Gasteiger partial charge in [0.15, 0.2) is 5.78 Å². The summed E-state index contributed by atoms with van der Waals surface area (Å²) in [6, 6.07) is 10.1. The van der Waals surface area contributed by atoms with Gasteiger partial charge in [-0.05, 0) is 36.8 Å². The molecule has 0 saturated carbocycles. The largest absolute Gasteiger partial charge is 0.322 e. The molecule has 0 aromatic heterocycles. The second-order valence-corrected chi connectivity index (χ2v) is 5.80. The summed E-state index contributed by atoms with van der Waals surface area (Å²) >= 11 is 12.0. The van der Waals surface area contributed by atoms with Gasteiger partial charge in [0.1, 0.15) is 0 Å². The van der Waals surface area contributed by atoms with Crippen LogP contribution < -0.4 is 5.32 Å². The fourth-order valence-electron chi connectivity index (χ4n) is 1.98. The van der Waals surface area contributed by atoms with Crippen molar-refractivity contribution in [3.8, 4) is 0 Å². The lowest BCUT2D eigenvalue weighted by molar-refractivity contribution is -0.384. The molecule has 8 heteroatoms. The maximum atomic E-state index is 12.4. The molecule has 0 aliphatic heterocycles. The van der Waals surface area contributed by atoms with Crippen molar-refractivity contribution in [1.82, 2.24) is 0 Å². The Bertz CT molecular complexity index is 877. The third-order valence-electron chi connectivity index (χ3n) is 3.24. The van der Waals surface area contributed by atoms with Crippen LogP contribution in [0.25, 0.3) is 6.08 Å². The van der Waals surface area contributed by atoms with Crippen molar-refractivity contribution in [2.45, 2.75) is 6.92 Å². The maximum Gasteiger partial charge on any atom is 0.269 e. The number of anilines is 1. The Morgan fingerprint density at radius 2 is 1.76 bits per heavy atom. The Balaban J connectivity index is 2.29. The van der Waals surface area contributed by atoms with Crippen LogP contribution in [0.2, 0.25) is 10.0 Å². The number of nitro groups is 1. The highest BCUT2D eigenvalue weighted by Crippen LogP contribution is 2.27. The van der Waals surface area contributed by atoms with Gasteiger partial charge in [0, 0.05) is 17.8 Å². The van der Waals surface area contributed by atoms with Crippen LogP contribution >= 0.6 is 23.2 Å². The van der Waals surface area contributed by atoms with Crippen LogP contribution in [0.4, 0.5) is 11.4 Å². The lowest BCUT2D eigenvalue weighted by Crippen LogP contribution is -2.18. The third kappa shape index (κ3) is 4.65. The number of nitro benzene ring substituents is 1. The molecule has 0 heterocycles. The Morgan fingerprint density at radius 1 is 1.12 bits per heavy atom. The average Bonchev–Trinajstić information content (AvgIpc) is 2.56. The van der Waals surface area contributed by atoms with Crippen molar-refractivity contribution in [2.24, 2.45) is 0 Å². The van der Waals surface area contributed by atoms with E-state index < -0.39 is 16.6 Å². The lowest BCUT2D eigenvalue weighted by Gasteiger charge is -2.08. The Morgan fingerprint density at radius 3 is 2.32 bits per heavy atom. The van der Waals surface area contributed by atoms with Gasteiger partial charge in [0.25, 0.3) is 11.6 Å². The van der Waals surface area contributed by atoms with Gasteiger partial charge in [-0.2, -0.15) is 0 Å². The van der Waals surface area contributed by atoms with Crippen LogP contribution in [-0.4, -0.2) is 16.6 Å². The first-order valence-corrected chi connectivity index (χ1v) is 7.77. The number of hydrogen-bond acceptors (Lipinski definition) is 4. The van der Waals surface area contributed by atoms with E-state index in [0.29, 0.717) is 16.3 Å². The van der Waals surface area contributed by atoms with E-state index in [-0.39, 0.29) is 16.3 Å². The average molecular weight is 379 g/mol. The second kappa shape index (κ2) is 7.92. The minimum atomic E-state index is -0.655. The van der Waals surface area contributed by atoms with Gasteiger partial charge in [-0.25, -0.2) is 0 Å². The fraction of sp³-hybridized carbons (Fsp3) is 0.0588. The SMILES string of the molecule is CC(=O)/C(=C\c1cccc(Cl)c1Cl)C(=O)Nc1ccc([N+](=O)[O-])cc1. The highest BCUT2D eigenvalue weighted by Gasteiger charge is 2.16. The van der Waals surface area contributed by atoms with E-state index in [0.717, 1.165) is 0 Å². The zero-order chi connectivity index (χ0) is 18.6. The van der Waals surface area contributed by atoms with Gasteiger partial charge in [-0.1, -0.05) is 35.3 Å². The molecule has 2 aromatic carbocycles. The summed E-state index contributed by atoms with van der Waals surface area (Å²) in [7, 11) is 0. The van der Waals surface area contributed by atoms with Crippen LogP contribution in [0.1, 0.15) is 12.5 Å². The standard InChI is InChI=1S/C17H12Cl2N2O4/c1-10(22)14(9-11-3-2-4-15(18)16(11)19)17(23)20-12-5-7-13(8-6-12)21(24)25/h2-9H,1H3,(H,20,23)/b14-9+. The summed E-state index contributed by atoms with van der Waals surface area (Å²) in [6.45, 7) is 1.25. The van der Waals surface area contributed by atoms with E-state index in [1.807, 2.05) is 0 Å². The fourth-order valence-corrected chi connectivity index (χ4v) is 2.34. The van der Waals surface area contributed by atoms with Crippen LogP contribution in [0.15, 0.2) is 48.0 Å². The summed E-state index contributed by atoms with van der Waals surface area (Å²) < 4.78 is 0. The van der Waals surface area contributed by atoms with E-state index >= 15 is 0 Å². The molecule has 1 amide bonds. The van der Waals surface area contributed by atoms with E-state index in [9.17, 15) is 19.7 Å². The number of carbonyl (C=O) groups excluding carboxylic acids is 2. The number of rotatable bonds is 5. The van der Waals surface area contributed by atoms with E-state index in [1.165, 1.54) is 37.3 Å². The molecule has 0 radical (unpaired) electrons. The summed E-state index contributed by atoms with van der Waals surface area (Å²) in [5.74, 6) is -1.12. The molecule has 0 bridgehead atoms. The molecule has 6 nitrogen and oxygen atoms in total. The molecule has 0 aliphatic rings. The lowest BCUT2D eigenvalue weighted by atomic mass is 10.1. The molecule has 0 unspecified atom stereocenters. The van der Waals surface area contributed by atoms with Gasteiger partial charge >= 0.3 is 0 Å². The molecule has 0 saturated heterocycles. The van der Waals surface area contributed by atoms with Crippen molar-refractivity contribution in [3.63, 3.8) is 0 Å². The van der Waals surface area contributed by atoms with Gasteiger partial charge in [0.05, 0.1) is 20.5 Å². The Kier molecular flexibility index (Phi) is 5.90. The van der Waals surface area contributed by atoms with Crippen LogP contribution in [0.3, 0.4) is 0 Å². The number of halogens is 2. The molecule has 128 valence electrons. The predicted molar refractivity (Wildman–Crippen MR) is 96.8 cm³/mol. The van der Waals surface area contributed by atoms with Crippen LogP contribution in [0.5, 0.6) is 0 Å². The van der Waals surface area contributed by atoms with Crippen molar-refractivity contribution in [1.29, 1.82) is 0 Å². The molecule has 0 aliphatic carbocycles. The summed E-state index contributed by atoms with van der Waals surface area (Å²) in [5.41, 5.74) is 0.520. The van der Waals surface area contributed by atoms with Crippen molar-refractivity contribution < 1.29 is 14.5 Å². The highest BCUT2D eigenvalue weighted by atomic mass is 35.5. The van der Waals surface area contributed by atoms with Gasteiger partial charge < -0.3 is 5.32 Å². The summed E-state index contributed by atoms with van der Waals surface area (Å²) in [6.07, 6.45) is 1.34. The second-order valence-electron chi connectivity index (χ2n) is 5.02. The van der Waals surface area contributed by atoms with Crippen LogP contribution in [0, 0.1) is 10.1 Å². The number of nitrogens with zero attached hydrogens (tertiary/aromatic N) is 1.